The minimum absolute atomic E-state index is 0.136. The number of fused-ring (bicyclic) bond motifs is 1. The van der Waals surface area contributed by atoms with Crippen molar-refractivity contribution in [3.63, 3.8) is 0 Å². The summed E-state index contributed by atoms with van der Waals surface area (Å²) in [6.07, 6.45) is 7.92. The molecule has 0 radical (unpaired) electrons. The summed E-state index contributed by atoms with van der Waals surface area (Å²) < 4.78 is 7.00. The molecule has 4 aromatic rings. The van der Waals surface area contributed by atoms with Gasteiger partial charge in [-0.1, -0.05) is 30.8 Å². The lowest BCUT2D eigenvalue weighted by molar-refractivity contribution is 0.0526. The molecule has 39 heavy (non-hydrogen) atoms. The maximum atomic E-state index is 13.9. The molecule has 0 bridgehead atoms. The summed E-state index contributed by atoms with van der Waals surface area (Å²) in [5.41, 5.74) is 4.94. The van der Waals surface area contributed by atoms with Gasteiger partial charge in [0.15, 0.2) is 5.16 Å². The summed E-state index contributed by atoms with van der Waals surface area (Å²) in [4.78, 5) is 43.9. The molecule has 1 aromatic carbocycles. The highest BCUT2D eigenvalue weighted by Gasteiger charge is 2.18. The Balaban J connectivity index is 1.71. The van der Waals surface area contributed by atoms with Crippen molar-refractivity contribution in [1.29, 1.82) is 0 Å². The first-order chi connectivity index (χ1) is 18.6. The van der Waals surface area contributed by atoms with Crippen molar-refractivity contribution in [3.05, 3.63) is 64.5 Å². The van der Waals surface area contributed by atoms with E-state index < -0.39 is 11.7 Å². The van der Waals surface area contributed by atoms with Gasteiger partial charge in [-0.3, -0.25) is 14.3 Å². The Bertz CT molecular complexity index is 1560. The fraction of sp³-hybridized carbons (Fsp3) is 0.379. The van der Waals surface area contributed by atoms with E-state index in [2.05, 4.69) is 38.2 Å². The van der Waals surface area contributed by atoms with Gasteiger partial charge in [-0.15, -0.1) is 0 Å². The third-order valence-corrected chi connectivity index (χ3v) is 6.60. The summed E-state index contributed by atoms with van der Waals surface area (Å²) in [5, 5.41) is 4.13. The van der Waals surface area contributed by atoms with Crippen LogP contribution in [0.2, 0.25) is 0 Å². The van der Waals surface area contributed by atoms with Gasteiger partial charge in [0.05, 0.1) is 17.6 Å². The zero-order valence-electron chi connectivity index (χ0n) is 23.2. The van der Waals surface area contributed by atoms with Crippen LogP contribution in [-0.2, 0) is 17.7 Å². The molecule has 0 atom stereocenters. The number of aromatic nitrogens is 5. The smallest absolute Gasteiger partial charge is 0.407 e. The van der Waals surface area contributed by atoms with Gasteiger partial charge >= 0.3 is 6.09 Å². The van der Waals surface area contributed by atoms with E-state index in [1.807, 2.05) is 52.1 Å². The molecule has 1 amide bonds. The second kappa shape index (κ2) is 11.9. The monoisotopic (exact) mass is 546 g/mol. The van der Waals surface area contributed by atoms with Crippen molar-refractivity contribution in [1.82, 2.24) is 29.8 Å². The number of ether oxygens (including phenoxy) is 1. The normalized spacial score (nSPS) is 11.5. The van der Waals surface area contributed by atoms with Crippen LogP contribution < -0.4 is 10.9 Å². The first-order valence-electron chi connectivity index (χ1n) is 12.9. The zero-order valence-corrected chi connectivity index (χ0v) is 24.1. The zero-order chi connectivity index (χ0) is 28.2. The standard InChI is InChI=1S/C29H34N6O3S/c1-7-19-13-20(24-17-30-15-18(2)33-24)9-10-22(19)23-14-21-16-32-27(39-6)34-25(21)35(26(23)36)12-8-11-31-28(37)38-29(3,4)5/h9-10,13-17H,7-8,11-12H2,1-6H3,(H,31,37). The number of amides is 1. The summed E-state index contributed by atoms with van der Waals surface area (Å²) in [5.74, 6) is 0. The van der Waals surface area contributed by atoms with E-state index >= 15 is 0 Å². The molecule has 0 aliphatic rings. The van der Waals surface area contributed by atoms with Crippen LogP contribution in [0.25, 0.3) is 33.4 Å². The summed E-state index contributed by atoms with van der Waals surface area (Å²) in [6, 6.07) is 7.90. The minimum Gasteiger partial charge on any atom is -0.444 e. The second-order valence-electron chi connectivity index (χ2n) is 10.2. The van der Waals surface area contributed by atoms with Crippen LogP contribution in [0.5, 0.6) is 0 Å². The molecule has 0 unspecified atom stereocenters. The van der Waals surface area contributed by atoms with Crippen LogP contribution >= 0.6 is 11.8 Å². The maximum Gasteiger partial charge on any atom is 0.407 e. The average Bonchev–Trinajstić information content (AvgIpc) is 2.90. The van der Waals surface area contributed by atoms with Crippen molar-refractivity contribution < 1.29 is 9.53 Å². The highest BCUT2D eigenvalue weighted by Crippen LogP contribution is 2.29. The Hall–Kier alpha value is -3.79. The highest BCUT2D eigenvalue weighted by molar-refractivity contribution is 7.98. The lowest BCUT2D eigenvalue weighted by Gasteiger charge is -2.19. The van der Waals surface area contributed by atoms with Crippen LogP contribution in [-0.4, -0.2) is 49.0 Å². The Morgan fingerprint density at radius 2 is 1.90 bits per heavy atom. The van der Waals surface area contributed by atoms with Crippen LogP contribution in [0.3, 0.4) is 0 Å². The number of nitrogens with zero attached hydrogens (tertiary/aromatic N) is 5. The number of carbonyl (C=O) groups is 1. The first kappa shape index (κ1) is 28.2. The van der Waals surface area contributed by atoms with E-state index in [9.17, 15) is 9.59 Å². The summed E-state index contributed by atoms with van der Waals surface area (Å²) in [7, 11) is 0. The highest BCUT2D eigenvalue weighted by atomic mass is 32.2. The molecule has 0 saturated heterocycles. The van der Waals surface area contributed by atoms with Crippen molar-refractivity contribution in [3.8, 4) is 22.4 Å². The van der Waals surface area contributed by atoms with Crippen LogP contribution in [0.4, 0.5) is 4.79 Å². The van der Waals surface area contributed by atoms with Gasteiger partial charge in [0.1, 0.15) is 11.2 Å². The molecular formula is C29H34N6O3S. The van der Waals surface area contributed by atoms with Gasteiger partial charge in [0, 0.05) is 42.0 Å². The van der Waals surface area contributed by atoms with Crippen molar-refractivity contribution in [2.24, 2.45) is 0 Å². The predicted molar refractivity (Wildman–Crippen MR) is 155 cm³/mol. The van der Waals surface area contributed by atoms with E-state index in [1.165, 1.54) is 11.8 Å². The van der Waals surface area contributed by atoms with E-state index in [0.717, 1.165) is 39.9 Å². The third-order valence-electron chi connectivity index (χ3n) is 6.04. The second-order valence-corrected chi connectivity index (χ2v) is 11.0. The number of nitrogens with one attached hydrogen (secondary N) is 1. The van der Waals surface area contributed by atoms with Crippen molar-refractivity contribution in [2.45, 2.75) is 64.8 Å². The van der Waals surface area contributed by atoms with E-state index in [1.54, 1.807) is 23.2 Å². The molecule has 1 N–H and O–H groups in total. The van der Waals surface area contributed by atoms with Crippen LogP contribution in [0.15, 0.2) is 52.8 Å². The average molecular weight is 547 g/mol. The molecular weight excluding hydrogens is 512 g/mol. The Morgan fingerprint density at radius 3 is 2.59 bits per heavy atom. The molecule has 0 aliphatic heterocycles. The largest absolute Gasteiger partial charge is 0.444 e. The Morgan fingerprint density at radius 1 is 1.10 bits per heavy atom. The molecule has 0 spiro atoms. The van der Waals surface area contributed by atoms with Gasteiger partial charge in [-0.2, -0.15) is 0 Å². The van der Waals surface area contributed by atoms with E-state index in [-0.39, 0.29) is 5.56 Å². The third kappa shape index (κ3) is 6.81. The van der Waals surface area contributed by atoms with Gasteiger partial charge < -0.3 is 10.1 Å². The maximum absolute atomic E-state index is 13.9. The number of hydrogen-bond donors (Lipinski definition) is 1. The van der Waals surface area contributed by atoms with Gasteiger partial charge in [0.2, 0.25) is 0 Å². The van der Waals surface area contributed by atoms with Crippen molar-refractivity contribution in [2.75, 3.05) is 12.8 Å². The molecule has 4 rings (SSSR count). The SMILES string of the molecule is CCc1cc(-c2cncc(C)n2)ccc1-c1cc2cnc(SC)nc2n(CCCNC(=O)OC(C)(C)C)c1=O. The summed E-state index contributed by atoms with van der Waals surface area (Å²) in [6.45, 7) is 10.2. The number of pyridine rings is 1. The van der Waals surface area contributed by atoms with E-state index in [4.69, 9.17) is 4.74 Å². The fourth-order valence-corrected chi connectivity index (χ4v) is 4.63. The molecule has 204 valence electrons. The Kier molecular flexibility index (Phi) is 8.64. The van der Waals surface area contributed by atoms with Crippen molar-refractivity contribution >= 4 is 28.9 Å². The number of aryl methyl sites for hydroxylation is 3. The molecule has 10 heteroatoms. The fourth-order valence-electron chi connectivity index (χ4n) is 4.29. The number of alkyl carbamates (subject to hydrolysis) is 1. The molecule has 0 saturated carbocycles. The van der Waals surface area contributed by atoms with Crippen LogP contribution in [0, 0.1) is 6.92 Å². The molecule has 3 aromatic heterocycles. The number of hydrogen-bond acceptors (Lipinski definition) is 8. The molecule has 0 aliphatic carbocycles. The van der Waals surface area contributed by atoms with E-state index in [0.29, 0.717) is 35.9 Å². The topological polar surface area (TPSA) is 112 Å². The van der Waals surface area contributed by atoms with Gasteiger partial charge in [0.25, 0.3) is 5.56 Å². The lowest BCUT2D eigenvalue weighted by atomic mass is 9.95. The number of benzene rings is 1. The molecule has 3 heterocycles. The Labute approximate surface area is 232 Å². The van der Waals surface area contributed by atoms with Crippen LogP contribution in [0.1, 0.15) is 45.4 Å². The number of rotatable bonds is 8. The molecule has 9 nitrogen and oxygen atoms in total. The molecule has 0 fully saturated rings. The minimum atomic E-state index is -0.574. The van der Waals surface area contributed by atoms with Gasteiger partial charge in [-0.05, 0) is 70.1 Å². The number of thioether (sulfide) groups is 1. The quantitative estimate of drug-likeness (QED) is 0.177. The predicted octanol–water partition coefficient (Wildman–Crippen LogP) is 5.42. The lowest BCUT2D eigenvalue weighted by Crippen LogP contribution is -2.33. The summed E-state index contributed by atoms with van der Waals surface area (Å²) >= 11 is 1.42. The van der Waals surface area contributed by atoms with Gasteiger partial charge in [-0.25, -0.2) is 19.7 Å². The number of carbonyl (C=O) groups excluding carboxylic acids is 1. The first-order valence-corrected chi connectivity index (χ1v) is 14.2.